The van der Waals surface area contributed by atoms with Gasteiger partial charge in [0.2, 0.25) is 0 Å². The number of aliphatic hydroxyl groups excluding tert-OH is 1. The average Bonchev–Trinajstić information content (AvgIpc) is 1.37. The molecule has 0 aliphatic rings. The molecule has 0 amide bonds. The van der Waals surface area contributed by atoms with Gasteiger partial charge in [-0.1, -0.05) is 0 Å². The number of hydrogen-bond donors (Lipinski definition) is 1. The third kappa shape index (κ3) is 11.1. The van der Waals surface area contributed by atoms with Crippen molar-refractivity contribution in [2.24, 2.45) is 0 Å². The minimum absolute atomic E-state index is 0. The molecule has 0 saturated carbocycles. The van der Waals surface area contributed by atoms with Crippen LogP contribution in [0.25, 0.3) is 0 Å². The maximum Gasteiger partial charge on any atom is 0.0566 e. The largest absolute Gasteiger partial charge is 0.395 e. The van der Waals surface area contributed by atoms with Gasteiger partial charge in [0.25, 0.3) is 0 Å². The Labute approximate surface area is 55.4 Å². The van der Waals surface area contributed by atoms with Crippen molar-refractivity contribution < 1.29 is 31.3 Å². The van der Waals surface area contributed by atoms with Gasteiger partial charge in [0.1, 0.15) is 0 Å². The van der Waals surface area contributed by atoms with E-state index in [0.717, 1.165) is 0 Å². The predicted molar refractivity (Wildman–Crippen MR) is 17.8 cm³/mol. The molecule has 0 aromatic rings. The fourth-order valence-electron chi connectivity index (χ4n) is 0. The molecule has 0 rings (SSSR count). The zero-order chi connectivity index (χ0) is 3.41. The van der Waals surface area contributed by atoms with E-state index in [4.69, 9.17) is 16.7 Å². The molecule has 0 aliphatic carbocycles. The molecule has 0 radical (unpaired) electrons. The van der Waals surface area contributed by atoms with Crippen LogP contribution in [0.3, 0.4) is 0 Å². The van der Waals surface area contributed by atoms with Gasteiger partial charge in [0, 0.05) is 32.1 Å². The van der Waals surface area contributed by atoms with Crippen molar-refractivity contribution in [3.05, 3.63) is 0 Å². The summed E-state index contributed by atoms with van der Waals surface area (Å²) in [6.45, 7) is 0.0849. The van der Waals surface area contributed by atoms with Crippen LogP contribution in [0.5, 0.6) is 0 Å². The van der Waals surface area contributed by atoms with Crippen molar-refractivity contribution in [2.75, 3.05) is 12.5 Å². The molecule has 0 fully saturated rings. The number of rotatable bonds is 1. The van der Waals surface area contributed by atoms with Crippen LogP contribution in [-0.2, 0) is 26.2 Å². The van der Waals surface area contributed by atoms with Crippen molar-refractivity contribution in [1.29, 1.82) is 0 Å². The third-order valence-corrected chi connectivity index (χ3v) is 0.254. The van der Waals surface area contributed by atoms with Crippen LogP contribution in [0.4, 0.5) is 0 Å². The van der Waals surface area contributed by atoms with Gasteiger partial charge in [-0.05, 0) is 0 Å². The summed E-state index contributed by atoms with van der Waals surface area (Å²) in [6.07, 6.45) is 0. The van der Waals surface area contributed by atoms with Gasteiger partial charge in [-0.15, -0.1) is 11.6 Å². The van der Waals surface area contributed by atoms with Gasteiger partial charge in [-0.25, -0.2) is 0 Å². The summed E-state index contributed by atoms with van der Waals surface area (Å²) in [5, 5.41) is 7.74. The van der Waals surface area contributed by atoms with Crippen molar-refractivity contribution in [2.45, 2.75) is 0 Å². The van der Waals surface area contributed by atoms with Crippen molar-refractivity contribution >= 4 is 11.6 Å². The quantitative estimate of drug-likeness (QED) is 0.560. The molecule has 0 aromatic carbocycles. The van der Waals surface area contributed by atoms with E-state index in [1.54, 1.807) is 0 Å². The Morgan fingerprint density at radius 2 is 1.80 bits per heavy atom. The zero-order valence-corrected chi connectivity index (χ0v) is 5.95. The molecule has 0 atom stereocenters. The molecule has 0 aromatic heterocycles. The van der Waals surface area contributed by atoms with Gasteiger partial charge in [-0.2, -0.15) is 0 Å². The second-order valence-electron chi connectivity index (χ2n) is 0.413. The maximum absolute atomic E-state index is 7.74. The molecule has 0 heterocycles. The van der Waals surface area contributed by atoms with Crippen LogP contribution in [0.2, 0.25) is 0 Å². The molecule has 30 valence electrons. The average molecular weight is 172 g/mol. The minimum atomic E-state index is 0. The SMILES string of the molecule is OCCCl.[Zr]. The second-order valence-corrected chi connectivity index (χ2v) is 0.791. The van der Waals surface area contributed by atoms with E-state index in [-0.39, 0.29) is 32.8 Å². The van der Waals surface area contributed by atoms with Crippen LogP contribution < -0.4 is 0 Å². The Kier molecular flexibility index (Phi) is 16.9. The van der Waals surface area contributed by atoms with Crippen LogP contribution in [-0.4, -0.2) is 17.6 Å². The molecule has 0 bridgehead atoms. The van der Waals surface area contributed by atoms with E-state index in [9.17, 15) is 0 Å². The van der Waals surface area contributed by atoms with E-state index in [2.05, 4.69) is 0 Å². The van der Waals surface area contributed by atoms with Gasteiger partial charge in [0.15, 0.2) is 0 Å². The fourth-order valence-corrected chi connectivity index (χ4v) is 0. The van der Waals surface area contributed by atoms with Crippen LogP contribution in [0, 0.1) is 0 Å². The molecular weight excluding hydrogens is 167 g/mol. The van der Waals surface area contributed by atoms with Crippen LogP contribution in [0.1, 0.15) is 0 Å². The molecule has 1 nitrogen and oxygen atoms in total. The van der Waals surface area contributed by atoms with E-state index < -0.39 is 0 Å². The van der Waals surface area contributed by atoms with Crippen LogP contribution >= 0.6 is 11.6 Å². The monoisotopic (exact) mass is 170 g/mol. The number of aliphatic hydroxyl groups is 1. The topological polar surface area (TPSA) is 20.2 Å². The molecule has 0 unspecified atom stereocenters. The molecule has 0 spiro atoms. The maximum atomic E-state index is 7.74. The van der Waals surface area contributed by atoms with Gasteiger partial charge < -0.3 is 5.11 Å². The zero-order valence-electron chi connectivity index (χ0n) is 2.74. The molecule has 1 N–H and O–H groups in total. The smallest absolute Gasteiger partial charge is 0.0566 e. The summed E-state index contributed by atoms with van der Waals surface area (Å²) in [5.41, 5.74) is 0. The van der Waals surface area contributed by atoms with E-state index in [0.29, 0.717) is 5.88 Å². The second kappa shape index (κ2) is 8.93. The van der Waals surface area contributed by atoms with Crippen LogP contribution in [0.15, 0.2) is 0 Å². The van der Waals surface area contributed by atoms with Crippen molar-refractivity contribution in [3.63, 3.8) is 0 Å². The first-order chi connectivity index (χ1) is 1.91. The van der Waals surface area contributed by atoms with Crippen molar-refractivity contribution in [1.82, 2.24) is 0 Å². The van der Waals surface area contributed by atoms with Gasteiger partial charge in [0.05, 0.1) is 6.61 Å². The molecule has 3 heteroatoms. The Balaban J connectivity index is 0. The Hall–Kier alpha value is 1.13. The molecule has 0 saturated heterocycles. The first-order valence-corrected chi connectivity index (χ1v) is 1.62. The summed E-state index contributed by atoms with van der Waals surface area (Å²) in [7, 11) is 0. The first-order valence-electron chi connectivity index (χ1n) is 1.08. The molecule has 0 aliphatic heterocycles. The molecule has 5 heavy (non-hydrogen) atoms. The normalized spacial score (nSPS) is 6.00. The summed E-state index contributed by atoms with van der Waals surface area (Å²) in [4.78, 5) is 0. The van der Waals surface area contributed by atoms with E-state index in [1.807, 2.05) is 0 Å². The van der Waals surface area contributed by atoms with E-state index in [1.165, 1.54) is 0 Å². The molecular formula is C2H5ClOZr. The van der Waals surface area contributed by atoms with E-state index >= 15 is 0 Å². The first kappa shape index (κ1) is 9.46. The summed E-state index contributed by atoms with van der Waals surface area (Å²) in [5.74, 6) is 0.347. The van der Waals surface area contributed by atoms with Crippen molar-refractivity contribution in [3.8, 4) is 0 Å². The Bertz CT molecular complexity index is 11.6. The third-order valence-electron chi connectivity index (χ3n) is 0.0845. The predicted octanol–water partition coefficient (Wildman–Crippen LogP) is 0.215. The van der Waals surface area contributed by atoms with Gasteiger partial charge >= 0.3 is 0 Å². The summed E-state index contributed by atoms with van der Waals surface area (Å²) < 4.78 is 0. The fraction of sp³-hybridized carbons (Fsp3) is 1.00. The standard InChI is InChI=1S/C2H5ClO.Zr/c3-1-2-4;/h4H,1-2H2;. The Morgan fingerprint density at radius 1 is 1.60 bits per heavy atom. The number of halogens is 1. The van der Waals surface area contributed by atoms with Gasteiger partial charge in [-0.3, -0.25) is 0 Å². The summed E-state index contributed by atoms with van der Waals surface area (Å²) >= 11 is 4.94. The minimum Gasteiger partial charge on any atom is -0.395 e. The Morgan fingerprint density at radius 3 is 1.80 bits per heavy atom. The number of alkyl halides is 1. The summed E-state index contributed by atoms with van der Waals surface area (Å²) in [6, 6.07) is 0. The number of hydrogen-bond acceptors (Lipinski definition) is 1.